The highest BCUT2D eigenvalue weighted by molar-refractivity contribution is 7.90. The summed E-state index contributed by atoms with van der Waals surface area (Å²) in [6, 6.07) is -0.524. The molecule has 11 heteroatoms. The van der Waals surface area contributed by atoms with Crippen molar-refractivity contribution < 1.29 is 35.9 Å². The van der Waals surface area contributed by atoms with Crippen LogP contribution in [0.4, 0.5) is 13.2 Å². The summed E-state index contributed by atoms with van der Waals surface area (Å²) in [5.74, 6) is -6.54. The van der Waals surface area contributed by atoms with E-state index in [1.165, 1.54) is 13.8 Å². The van der Waals surface area contributed by atoms with Gasteiger partial charge in [0, 0.05) is 12.9 Å². The molecule has 0 aliphatic heterocycles. The van der Waals surface area contributed by atoms with Crippen molar-refractivity contribution in [3.05, 3.63) is 39.3 Å². The lowest BCUT2D eigenvalue weighted by molar-refractivity contribution is 0.0516. The summed E-state index contributed by atoms with van der Waals surface area (Å²) in [5.41, 5.74) is -2.95. The number of sulfone groups is 1. The van der Waals surface area contributed by atoms with E-state index in [2.05, 4.69) is 0 Å². The van der Waals surface area contributed by atoms with Gasteiger partial charge in [-0.3, -0.25) is 4.79 Å². The predicted octanol–water partition coefficient (Wildman–Crippen LogP) is 3.38. The van der Waals surface area contributed by atoms with Crippen LogP contribution >= 0.6 is 0 Å². The molecule has 7 nitrogen and oxygen atoms in total. The van der Waals surface area contributed by atoms with Gasteiger partial charge >= 0.3 is 5.97 Å². The molecule has 1 heterocycles. The Balaban J connectivity index is 3.01. The van der Waals surface area contributed by atoms with Crippen molar-refractivity contribution in [3.8, 4) is 0 Å². The van der Waals surface area contributed by atoms with Crippen LogP contribution in [0.25, 0.3) is 10.9 Å². The van der Waals surface area contributed by atoms with E-state index in [0.29, 0.717) is 19.1 Å². The van der Waals surface area contributed by atoms with Gasteiger partial charge in [-0.05, 0) is 26.3 Å². The standard InChI is InChI=1S/C20H24F3NO6S/c1-5-7-8-29-10-11(3)24-17-12(9-13(21)15(22)16(17)23)18(25)14(20(26)30-6-2)19(24)31(4,27)28/h9,11H,5-8,10H2,1-4H3/t11-/m0/s1. The lowest BCUT2D eigenvalue weighted by Gasteiger charge is -2.24. The van der Waals surface area contributed by atoms with Crippen molar-refractivity contribution in [1.29, 1.82) is 0 Å². The molecule has 172 valence electrons. The first-order valence-electron chi connectivity index (χ1n) is 9.67. The molecule has 0 radical (unpaired) electrons. The maximum absolute atomic E-state index is 14.8. The number of unbranched alkanes of at least 4 members (excludes halogenated alkanes) is 1. The monoisotopic (exact) mass is 463 g/mol. The molecule has 0 saturated heterocycles. The van der Waals surface area contributed by atoms with Gasteiger partial charge in [0.15, 0.2) is 32.3 Å². The Kier molecular flexibility index (Phi) is 7.87. The summed E-state index contributed by atoms with van der Waals surface area (Å²) < 4.78 is 79.1. The molecule has 0 saturated carbocycles. The zero-order valence-corrected chi connectivity index (χ0v) is 18.4. The van der Waals surface area contributed by atoms with E-state index in [4.69, 9.17) is 9.47 Å². The maximum atomic E-state index is 14.8. The molecule has 2 aromatic rings. The Morgan fingerprint density at radius 3 is 2.39 bits per heavy atom. The van der Waals surface area contributed by atoms with Crippen molar-refractivity contribution in [2.45, 2.75) is 44.7 Å². The molecule has 1 aromatic heterocycles. The largest absolute Gasteiger partial charge is 0.462 e. The van der Waals surface area contributed by atoms with Gasteiger partial charge in [0.2, 0.25) is 5.43 Å². The number of fused-ring (bicyclic) bond motifs is 1. The number of pyridine rings is 1. The first-order chi connectivity index (χ1) is 14.5. The molecule has 0 aliphatic carbocycles. The van der Waals surface area contributed by atoms with Gasteiger partial charge in [-0.15, -0.1) is 0 Å². The third-order valence-electron chi connectivity index (χ3n) is 4.55. The Hall–Kier alpha value is -2.40. The van der Waals surface area contributed by atoms with E-state index < -0.39 is 66.2 Å². The van der Waals surface area contributed by atoms with E-state index in [1.54, 1.807) is 0 Å². The predicted molar refractivity (Wildman–Crippen MR) is 108 cm³/mol. The SMILES string of the molecule is CCCCOC[C@H](C)n1c(S(C)(=O)=O)c(C(=O)OCC)c(=O)c2cc(F)c(F)c(F)c21. The Bertz CT molecular complexity index is 1160. The average Bonchev–Trinajstić information content (AvgIpc) is 2.69. The minimum Gasteiger partial charge on any atom is -0.462 e. The average molecular weight is 463 g/mol. The van der Waals surface area contributed by atoms with Gasteiger partial charge in [0.05, 0.1) is 30.2 Å². The topological polar surface area (TPSA) is 91.7 Å². The Morgan fingerprint density at radius 2 is 1.84 bits per heavy atom. The first kappa shape index (κ1) is 24.9. The summed E-state index contributed by atoms with van der Waals surface area (Å²) in [5, 5.41) is -1.53. The van der Waals surface area contributed by atoms with Crippen LogP contribution in [0, 0.1) is 17.5 Å². The van der Waals surface area contributed by atoms with Gasteiger partial charge in [-0.2, -0.15) is 0 Å². The quantitative estimate of drug-likeness (QED) is 0.322. The van der Waals surface area contributed by atoms with Crippen LogP contribution in [0.15, 0.2) is 15.9 Å². The zero-order chi connectivity index (χ0) is 23.5. The second-order valence-corrected chi connectivity index (χ2v) is 8.96. The van der Waals surface area contributed by atoms with Crippen LogP contribution in [-0.4, -0.2) is 45.0 Å². The number of aromatic nitrogens is 1. The molecule has 0 fully saturated rings. The minimum absolute atomic E-state index is 0.138. The van der Waals surface area contributed by atoms with Gasteiger partial charge in [0.1, 0.15) is 5.56 Å². The van der Waals surface area contributed by atoms with Crippen LogP contribution in [0.5, 0.6) is 0 Å². The van der Waals surface area contributed by atoms with Gasteiger partial charge in [-0.25, -0.2) is 26.4 Å². The Labute approximate surface area is 177 Å². The van der Waals surface area contributed by atoms with Gasteiger partial charge < -0.3 is 14.0 Å². The smallest absolute Gasteiger partial charge is 0.345 e. The highest BCUT2D eigenvalue weighted by Crippen LogP contribution is 2.30. The molecular weight excluding hydrogens is 439 g/mol. The zero-order valence-electron chi connectivity index (χ0n) is 17.6. The van der Waals surface area contributed by atoms with Crippen LogP contribution < -0.4 is 5.43 Å². The van der Waals surface area contributed by atoms with Crippen LogP contribution in [0.2, 0.25) is 0 Å². The summed E-state index contributed by atoms with van der Waals surface area (Å²) in [7, 11) is -4.34. The number of hydrogen-bond donors (Lipinski definition) is 0. The summed E-state index contributed by atoms with van der Waals surface area (Å²) in [6.07, 6.45) is 2.25. The molecule has 0 unspecified atom stereocenters. The lowest BCUT2D eigenvalue weighted by Crippen LogP contribution is -2.31. The Morgan fingerprint density at radius 1 is 1.19 bits per heavy atom. The summed E-state index contributed by atoms with van der Waals surface area (Å²) >= 11 is 0. The number of esters is 1. The fourth-order valence-corrected chi connectivity index (χ4v) is 4.37. The highest BCUT2D eigenvalue weighted by atomic mass is 32.2. The van der Waals surface area contributed by atoms with Crippen LogP contribution in [-0.2, 0) is 19.3 Å². The van der Waals surface area contributed by atoms with Crippen molar-refractivity contribution in [2.75, 3.05) is 26.1 Å². The molecule has 0 bridgehead atoms. The van der Waals surface area contributed by atoms with Crippen molar-refractivity contribution in [3.63, 3.8) is 0 Å². The maximum Gasteiger partial charge on any atom is 0.345 e. The third-order valence-corrected chi connectivity index (χ3v) is 5.66. The fourth-order valence-electron chi connectivity index (χ4n) is 3.19. The number of halogens is 3. The number of ether oxygens (including phenoxy) is 2. The molecule has 0 spiro atoms. The van der Waals surface area contributed by atoms with E-state index in [1.807, 2.05) is 6.92 Å². The normalized spacial score (nSPS) is 12.9. The number of nitrogens with zero attached hydrogens (tertiary/aromatic N) is 1. The van der Waals surface area contributed by atoms with E-state index in [9.17, 15) is 31.2 Å². The van der Waals surface area contributed by atoms with E-state index in [0.717, 1.165) is 17.2 Å². The number of hydrogen-bond acceptors (Lipinski definition) is 6. The molecule has 0 amide bonds. The third kappa shape index (κ3) is 4.93. The number of rotatable bonds is 9. The highest BCUT2D eigenvalue weighted by Gasteiger charge is 2.33. The second-order valence-electron chi connectivity index (χ2n) is 7.03. The number of benzene rings is 1. The minimum atomic E-state index is -4.34. The summed E-state index contributed by atoms with van der Waals surface area (Å²) in [6.45, 7) is 4.82. The van der Waals surface area contributed by atoms with Crippen molar-refractivity contribution in [2.24, 2.45) is 0 Å². The summed E-state index contributed by atoms with van der Waals surface area (Å²) in [4.78, 5) is 25.4. The molecule has 31 heavy (non-hydrogen) atoms. The first-order valence-corrected chi connectivity index (χ1v) is 11.6. The van der Waals surface area contributed by atoms with Crippen molar-refractivity contribution in [1.82, 2.24) is 4.57 Å². The number of carbonyl (C=O) groups is 1. The molecule has 0 N–H and O–H groups in total. The number of carbonyl (C=O) groups excluding carboxylic acids is 1. The van der Waals surface area contributed by atoms with Crippen molar-refractivity contribution >= 4 is 26.7 Å². The second kappa shape index (κ2) is 9.82. The molecular formula is C20H24F3NO6S. The van der Waals surface area contributed by atoms with Crippen LogP contribution in [0.1, 0.15) is 50.0 Å². The lowest BCUT2D eigenvalue weighted by atomic mass is 10.1. The van der Waals surface area contributed by atoms with Gasteiger partial charge in [0.25, 0.3) is 0 Å². The van der Waals surface area contributed by atoms with E-state index >= 15 is 0 Å². The molecule has 0 aliphatic rings. The van der Waals surface area contributed by atoms with E-state index in [-0.39, 0.29) is 13.2 Å². The molecule has 2 rings (SSSR count). The van der Waals surface area contributed by atoms with Gasteiger partial charge in [-0.1, -0.05) is 13.3 Å². The molecule has 1 atom stereocenters. The fraction of sp³-hybridized carbons (Fsp3) is 0.500. The van der Waals surface area contributed by atoms with Crippen LogP contribution in [0.3, 0.4) is 0 Å². The molecule has 1 aromatic carbocycles.